The van der Waals surface area contributed by atoms with Gasteiger partial charge >= 0.3 is 0 Å². The molecule has 1 aliphatic rings. The van der Waals surface area contributed by atoms with Crippen LogP contribution in [0.1, 0.15) is 48.4 Å². The fourth-order valence-electron chi connectivity index (χ4n) is 3.53. The molecule has 5 nitrogen and oxygen atoms in total. The van der Waals surface area contributed by atoms with E-state index in [1.54, 1.807) is 0 Å². The maximum absolute atomic E-state index is 12.7. The molecule has 28 heavy (non-hydrogen) atoms. The van der Waals surface area contributed by atoms with Gasteiger partial charge in [0.2, 0.25) is 11.8 Å². The third-order valence-corrected chi connectivity index (χ3v) is 5.91. The Hall–Kier alpha value is -2.60. The molecule has 6 heteroatoms. The summed E-state index contributed by atoms with van der Waals surface area (Å²) < 4.78 is 5.72. The molecule has 1 N–H and O–H groups in total. The summed E-state index contributed by atoms with van der Waals surface area (Å²) in [5.41, 5.74) is 3.69. The first-order valence-corrected chi connectivity index (χ1v) is 10.5. The number of carbonyl (C=O) groups excluding carboxylic acids is 1. The molecule has 0 bridgehead atoms. The van der Waals surface area contributed by atoms with Gasteiger partial charge in [-0.2, -0.15) is 0 Å². The molecular formula is C22H23N3O2S. The van der Waals surface area contributed by atoms with Crippen molar-refractivity contribution in [2.75, 3.05) is 0 Å². The van der Waals surface area contributed by atoms with Gasteiger partial charge in [-0.1, -0.05) is 66.4 Å². The lowest BCUT2D eigenvalue weighted by Crippen LogP contribution is -2.35. The van der Waals surface area contributed by atoms with Gasteiger partial charge in [0, 0.05) is 0 Å². The van der Waals surface area contributed by atoms with Crippen molar-refractivity contribution in [2.45, 2.75) is 49.1 Å². The summed E-state index contributed by atoms with van der Waals surface area (Å²) in [7, 11) is 0. The van der Waals surface area contributed by atoms with Crippen LogP contribution in [-0.4, -0.2) is 21.4 Å². The summed E-state index contributed by atoms with van der Waals surface area (Å²) in [5.74, 6) is 0.553. The van der Waals surface area contributed by atoms with Crippen molar-refractivity contribution >= 4 is 17.7 Å². The van der Waals surface area contributed by atoms with Gasteiger partial charge in [-0.15, -0.1) is 10.2 Å². The summed E-state index contributed by atoms with van der Waals surface area (Å²) in [6.07, 6.45) is 3.74. The standard InChI is InChI=1S/C22H23N3O2S/c1-15(21(26)23-19-13-7-11-17-10-5-6-12-18(17)19)28-22-25-24-20(27-22)14-16-8-3-2-4-9-16/h2-6,8-10,12,15,19H,7,11,13-14H2,1H3,(H,23,26)/t15-,19-/m0/s1. The van der Waals surface area contributed by atoms with Crippen molar-refractivity contribution in [3.63, 3.8) is 0 Å². The largest absolute Gasteiger partial charge is 0.416 e. The highest BCUT2D eigenvalue weighted by Crippen LogP contribution is 2.30. The number of hydrogen-bond acceptors (Lipinski definition) is 5. The van der Waals surface area contributed by atoms with E-state index < -0.39 is 0 Å². The van der Waals surface area contributed by atoms with Crippen LogP contribution in [0.3, 0.4) is 0 Å². The Bertz CT molecular complexity index is 942. The molecule has 0 aliphatic heterocycles. The molecule has 0 spiro atoms. The van der Waals surface area contributed by atoms with E-state index in [1.165, 1.54) is 22.9 Å². The van der Waals surface area contributed by atoms with E-state index in [0.717, 1.165) is 24.8 Å². The molecule has 1 aromatic heterocycles. The predicted molar refractivity (Wildman–Crippen MR) is 109 cm³/mol. The molecule has 0 saturated heterocycles. The Kier molecular flexibility index (Phi) is 5.76. The van der Waals surface area contributed by atoms with E-state index >= 15 is 0 Å². The summed E-state index contributed by atoms with van der Waals surface area (Å²) in [4.78, 5) is 12.7. The van der Waals surface area contributed by atoms with E-state index in [9.17, 15) is 4.79 Å². The number of thioether (sulfide) groups is 1. The third kappa shape index (κ3) is 4.44. The summed E-state index contributed by atoms with van der Waals surface area (Å²) in [6, 6.07) is 18.4. The molecule has 0 saturated carbocycles. The first kappa shape index (κ1) is 18.7. The second-order valence-electron chi connectivity index (χ2n) is 7.04. The van der Waals surface area contributed by atoms with Crippen LogP contribution in [0.5, 0.6) is 0 Å². The highest BCUT2D eigenvalue weighted by molar-refractivity contribution is 8.00. The van der Waals surface area contributed by atoms with Crippen LogP contribution in [0.2, 0.25) is 0 Å². The van der Waals surface area contributed by atoms with Crippen LogP contribution in [0.15, 0.2) is 64.2 Å². The Balaban J connectivity index is 1.35. The zero-order valence-electron chi connectivity index (χ0n) is 15.8. The first-order valence-electron chi connectivity index (χ1n) is 9.60. The number of nitrogens with zero attached hydrogens (tertiary/aromatic N) is 2. The molecule has 3 aromatic rings. The van der Waals surface area contributed by atoms with Crippen molar-refractivity contribution in [2.24, 2.45) is 0 Å². The van der Waals surface area contributed by atoms with Crippen LogP contribution < -0.4 is 5.32 Å². The average Bonchev–Trinajstić information content (AvgIpc) is 3.15. The first-order chi connectivity index (χ1) is 13.7. The number of fused-ring (bicyclic) bond motifs is 1. The Morgan fingerprint density at radius 1 is 1.18 bits per heavy atom. The van der Waals surface area contributed by atoms with Gasteiger partial charge in [-0.3, -0.25) is 4.79 Å². The SMILES string of the molecule is C[C@H](Sc1nnc(Cc2ccccc2)o1)C(=O)N[C@H]1CCCc2ccccc21. The van der Waals surface area contributed by atoms with E-state index in [4.69, 9.17) is 4.42 Å². The normalized spacial score (nSPS) is 17.0. The van der Waals surface area contributed by atoms with Crippen LogP contribution in [0, 0.1) is 0 Å². The molecule has 2 atom stereocenters. The minimum atomic E-state index is -0.306. The highest BCUT2D eigenvalue weighted by Gasteiger charge is 2.25. The fraction of sp³-hybridized carbons (Fsp3) is 0.318. The summed E-state index contributed by atoms with van der Waals surface area (Å²) in [5, 5.41) is 11.5. The molecule has 1 aliphatic carbocycles. The topological polar surface area (TPSA) is 68.0 Å². The Morgan fingerprint density at radius 3 is 2.82 bits per heavy atom. The van der Waals surface area contributed by atoms with Crippen molar-refractivity contribution in [3.8, 4) is 0 Å². The zero-order valence-corrected chi connectivity index (χ0v) is 16.6. The second kappa shape index (κ2) is 8.61. The minimum Gasteiger partial charge on any atom is -0.416 e. The average molecular weight is 394 g/mol. The summed E-state index contributed by atoms with van der Waals surface area (Å²) >= 11 is 1.30. The van der Waals surface area contributed by atoms with E-state index in [2.05, 4.69) is 33.7 Å². The van der Waals surface area contributed by atoms with Crippen LogP contribution in [0.25, 0.3) is 0 Å². The van der Waals surface area contributed by atoms with Crippen LogP contribution in [0.4, 0.5) is 0 Å². The van der Waals surface area contributed by atoms with Gasteiger partial charge in [0.05, 0.1) is 17.7 Å². The van der Waals surface area contributed by atoms with Crippen LogP contribution in [-0.2, 0) is 17.6 Å². The number of benzene rings is 2. The maximum atomic E-state index is 12.7. The van der Waals surface area contributed by atoms with Gasteiger partial charge in [0.25, 0.3) is 5.22 Å². The van der Waals surface area contributed by atoms with Gasteiger partial charge in [-0.05, 0) is 42.9 Å². The number of aryl methyl sites for hydroxylation is 1. The van der Waals surface area contributed by atoms with Crippen molar-refractivity contribution < 1.29 is 9.21 Å². The molecule has 0 unspecified atom stereocenters. The summed E-state index contributed by atoms with van der Waals surface area (Å²) in [6.45, 7) is 1.87. The van der Waals surface area contributed by atoms with Crippen molar-refractivity contribution in [3.05, 3.63) is 77.2 Å². The molecule has 2 aromatic carbocycles. The van der Waals surface area contributed by atoms with E-state index in [-0.39, 0.29) is 17.2 Å². The molecule has 0 fully saturated rings. The number of aromatic nitrogens is 2. The third-order valence-electron chi connectivity index (χ3n) is 4.98. The molecule has 144 valence electrons. The monoisotopic (exact) mass is 393 g/mol. The number of nitrogens with one attached hydrogen (secondary N) is 1. The molecule has 1 heterocycles. The number of rotatable bonds is 6. The number of hydrogen-bond donors (Lipinski definition) is 1. The Labute approximate surface area is 168 Å². The van der Waals surface area contributed by atoms with Crippen molar-refractivity contribution in [1.29, 1.82) is 0 Å². The highest BCUT2D eigenvalue weighted by atomic mass is 32.2. The van der Waals surface area contributed by atoms with Crippen LogP contribution >= 0.6 is 11.8 Å². The number of amides is 1. The Morgan fingerprint density at radius 2 is 1.96 bits per heavy atom. The fourth-order valence-corrected chi connectivity index (χ4v) is 4.24. The lowest BCUT2D eigenvalue weighted by Gasteiger charge is -2.27. The van der Waals surface area contributed by atoms with Gasteiger partial charge in [0.1, 0.15) is 0 Å². The molecule has 4 rings (SSSR count). The lowest BCUT2D eigenvalue weighted by atomic mass is 9.88. The molecule has 1 amide bonds. The smallest absolute Gasteiger partial charge is 0.277 e. The van der Waals surface area contributed by atoms with E-state index in [1.807, 2.05) is 43.3 Å². The molecule has 0 radical (unpaired) electrons. The van der Waals surface area contributed by atoms with Gasteiger partial charge in [0.15, 0.2) is 0 Å². The minimum absolute atomic E-state index is 0.00508. The van der Waals surface area contributed by atoms with E-state index in [0.29, 0.717) is 17.5 Å². The van der Waals surface area contributed by atoms with Crippen molar-refractivity contribution in [1.82, 2.24) is 15.5 Å². The second-order valence-corrected chi connectivity index (χ2v) is 8.33. The quantitative estimate of drug-likeness (QED) is 0.631. The predicted octanol–water partition coefficient (Wildman–Crippen LogP) is 4.33. The maximum Gasteiger partial charge on any atom is 0.277 e. The molecular weight excluding hydrogens is 370 g/mol. The lowest BCUT2D eigenvalue weighted by molar-refractivity contribution is -0.121. The van der Waals surface area contributed by atoms with Gasteiger partial charge < -0.3 is 9.73 Å². The van der Waals surface area contributed by atoms with Gasteiger partial charge in [-0.25, -0.2) is 0 Å². The number of carbonyl (C=O) groups is 1. The zero-order chi connectivity index (χ0) is 19.3.